The van der Waals surface area contributed by atoms with Crippen LogP contribution >= 0.6 is 11.6 Å². The maximum absolute atomic E-state index is 10.4. The van der Waals surface area contributed by atoms with Crippen LogP contribution in [-0.4, -0.2) is 16.9 Å². The number of aliphatic imine (C=N–C) groups is 1. The molecule has 27 heavy (non-hydrogen) atoms. The van der Waals surface area contributed by atoms with Crippen molar-refractivity contribution >= 4 is 17.8 Å². The Morgan fingerprint density at radius 2 is 1.67 bits per heavy atom. The van der Waals surface area contributed by atoms with Gasteiger partial charge in [0, 0.05) is 16.8 Å². The molecule has 0 atom stereocenters. The Morgan fingerprint density at radius 3 is 2.33 bits per heavy atom. The van der Waals surface area contributed by atoms with Crippen molar-refractivity contribution in [1.82, 2.24) is 0 Å². The Labute approximate surface area is 166 Å². The summed E-state index contributed by atoms with van der Waals surface area (Å²) in [7, 11) is 0. The first-order valence-electron chi connectivity index (χ1n) is 10.2. The second kappa shape index (κ2) is 6.67. The number of hydrogen-bond donors (Lipinski definition) is 1. The zero-order valence-corrected chi connectivity index (χ0v) is 16.3. The van der Waals surface area contributed by atoms with E-state index in [-0.39, 0.29) is 5.54 Å². The molecular formula is C24H26ClNO. The first kappa shape index (κ1) is 17.3. The van der Waals surface area contributed by atoms with Gasteiger partial charge in [0.05, 0.1) is 5.54 Å². The van der Waals surface area contributed by atoms with E-state index in [2.05, 4.69) is 12.1 Å². The highest BCUT2D eigenvalue weighted by Gasteiger charge is 2.50. The first-order chi connectivity index (χ1) is 13.1. The van der Waals surface area contributed by atoms with Crippen LogP contribution in [0.2, 0.25) is 5.02 Å². The molecule has 4 saturated carbocycles. The standard InChI is InChI=1S/C24H26ClNO/c25-22-4-2-1-3-20(22)10-16-5-6-23(27)21(11-16)15-26-24-12-17-7-18(13-24)9-19(8-17)14-24/h1-6,11,15,17-19,27H,7-10,12-14H2. The fraction of sp³-hybridized carbons (Fsp3) is 0.458. The van der Waals surface area contributed by atoms with E-state index in [0.29, 0.717) is 5.75 Å². The van der Waals surface area contributed by atoms with Crippen LogP contribution in [0.1, 0.15) is 55.2 Å². The number of hydrogen-bond acceptors (Lipinski definition) is 2. The van der Waals surface area contributed by atoms with Crippen LogP contribution in [-0.2, 0) is 6.42 Å². The lowest BCUT2D eigenvalue weighted by molar-refractivity contribution is 0.00194. The predicted molar refractivity (Wildman–Crippen MR) is 111 cm³/mol. The molecule has 4 fully saturated rings. The largest absolute Gasteiger partial charge is 0.507 e. The normalized spacial score (nSPS) is 31.7. The van der Waals surface area contributed by atoms with Gasteiger partial charge in [-0.1, -0.05) is 35.9 Å². The fourth-order valence-corrected chi connectivity index (χ4v) is 6.31. The number of aromatic hydroxyl groups is 1. The van der Waals surface area contributed by atoms with Crippen LogP contribution in [0, 0.1) is 17.8 Å². The molecule has 0 heterocycles. The Hall–Kier alpha value is -1.80. The molecule has 0 aromatic heterocycles. The van der Waals surface area contributed by atoms with Gasteiger partial charge in [-0.25, -0.2) is 0 Å². The Balaban J connectivity index is 1.39. The van der Waals surface area contributed by atoms with Crippen molar-refractivity contribution in [3.8, 4) is 5.75 Å². The molecule has 0 spiro atoms. The third kappa shape index (κ3) is 3.40. The van der Waals surface area contributed by atoms with Gasteiger partial charge >= 0.3 is 0 Å². The minimum Gasteiger partial charge on any atom is -0.507 e. The maximum Gasteiger partial charge on any atom is 0.124 e. The van der Waals surface area contributed by atoms with Crippen molar-refractivity contribution in [2.24, 2.45) is 22.7 Å². The number of halogens is 1. The monoisotopic (exact) mass is 379 g/mol. The number of benzene rings is 2. The van der Waals surface area contributed by atoms with Gasteiger partial charge in [0.2, 0.25) is 0 Å². The number of phenolic OH excluding ortho intramolecular Hbond substituents is 1. The molecule has 4 bridgehead atoms. The highest BCUT2D eigenvalue weighted by atomic mass is 35.5. The topological polar surface area (TPSA) is 32.6 Å². The molecule has 3 heteroatoms. The van der Waals surface area contributed by atoms with Gasteiger partial charge in [0.25, 0.3) is 0 Å². The van der Waals surface area contributed by atoms with E-state index in [1.165, 1.54) is 38.5 Å². The van der Waals surface area contributed by atoms with Gasteiger partial charge in [-0.3, -0.25) is 4.99 Å². The van der Waals surface area contributed by atoms with Gasteiger partial charge in [-0.2, -0.15) is 0 Å². The quantitative estimate of drug-likeness (QED) is 0.647. The van der Waals surface area contributed by atoms with Crippen LogP contribution in [0.5, 0.6) is 5.75 Å². The molecule has 140 valence electrons. The van der Waals surface area contributed by atoms with Crippen LogP contribution in [0.4, 0.5) is 0 Å². The lowest BCUT2D eigenvalue weighted by Gasteiger charge is -2.54. The third-order valence-corrected chi connectivity index (χ3v) is 7.30. The van der Waals surface area contributed by atoms with Crippen molar-refractivity contribution in [1.29, 1.82) is 0 Å². The average Bonchev–Trinajstić information content (AvgIpc) is 2.63. The van der Waals surface area contributed by atoms with Gasteiger partial charge < -0.3 is 5.11 Å². The first-order valence-corrected chi connectivity index (χ1v) is 10.6. The molecule has 1 N–H and O–H groups in total. The summed E-state index contributed by atoms with van der Waals surface area (Å²) < 4.78 is 0. The van der Waals surface area contributed by atoms with E-state index in [9.17, 15) is 5.11 Å². The van der Waals surface area contributed by atoms with E-state index < -0.39 is 0 Å². The van der Waals surface area contributed by atoms with Crippen molar-refractivity contribution in [2.45, 2.75) is 50.5 Å². The summed E-state index contributed by atoms with van der Waals surface area (Å²) >= 11 is 6.31. The molecule has 0 saturated heterocycles. The van der Waals surface area contributed by atoms with Crippen molar-refractivity contribution in [3.63, 3.8) is 0 Å². The number of nitrogens with zero attached hydrogens (tertiary/aromatic N) is 1. The van der Waals surface area contributed by atoms with E-state index in [1.807, 2.05) is 30.5 Å². The molecule has 0 aliphatic heterocycles. The van der Waals surface area contributed by atoms with Crippen LogP contribution in [0.3, 0.4) is 0 Å². The Morgan fingerprint density at radius 1 is 1.00 bits per heavy atom. The second-order valence-corrected chi connectivity index (χ2v) is 9.47. The molecule has 0 radical (unpaired) electrons. The fourth-order valence-electron chi connectivity index (χ4n) is 6.11. The van der Waals surface area contributed by atoms with E-state index in [1.54, 1.807) is 6.07 Å². The average molecular weight is 380 g/mol. The SMILES string of the molecule is Oc1ccc(Cc2ccccc2Cl)cc1C=NC12CC3CC(CC(C3)C1)C2. The van der Waals surface area contributed by atoms with Crippen LogP contribution < -0.4 is 0 Å². The lowest BCUT2D eigenvalue weighted by atomic mass is 9.53. The summed E-state index contributed by atoms with van der Waals surface area (Å²) in [6.45, 7) is 0. The third-order valence-electron chi connectivity index (χ3n) is 6.93. The molecule has 2 nitrogen and oxygen atoms in total. The molecular weight excluding hydrogens is 354 g/mol. The predicted octanol–water partition coefficient (Wildman–Crippen LogP) is 6.02. The van der Waals surface area contributed by atoms with E-state index in [4.69, 9.17) is 16.6 Å². The summed E-state index contributed by atoms with van der Waals surface area (Å²) in [5.41, 5.74) is 3.22. The molecule has 2 aromatic carbocycles. The molecule has 0 amide bonds. The van der Waals surface area contributed by atoms with Crippen molar-refractivity contribution in [2.75, 3.05) is 0 Å². The van der Waals surface area contributed by atoms with Crippen LogP contribution in [0.25, 0.3) is 0 Å². The second-order valence-electron chi connectivity index (χ2n) is 9.06. The van der Waals surface area contributed by atoms with E-state index in [0.717, 1.165) is 45.9 Å². The summed E-state index contributed by atoms with van der Waals surface area (Å²) in [5.74, 6) is 2.96. The number of rotatable bonds is 4. The molecule has 4 aliphatic rings. The van der Waals surface area contributed by atoms with Crippen molar-refractivity contribution < 1.29 is 5.11 Å². The minimum absolute atomic E-state index is 0.139. The van der Waals surface area contributed by atoms with Crippen molar-refractivity contribution in [3.05, 3.63) is 64.2 Å². The molecule has 2 aromatic rings. The van der Waals surface area contributed by atoms with Gasteiger partial charge in [0.1, 0.15) is 5.75 Å². The number of phenols is 1. The maximum atomic E-state index is 10.4. The summed E-state index contributed by atoms with van der Waals surface area (Å²) in [5, 5.41) is 11.1. The lowest BCUT2D eigenvalue weighted by Crippen LogP contribution is -2.49. The smallest absolute Gasteiger partial charge is 0.124 e. The minimum atomic E-state index is 0.139. The highest BCUT2D eigenvalue weighted by Crippen LogP contribution is 2.57. The summed E-state index contributed by atoms with van der Waals surface area (Å²) in [6.07, 6.45) is 10.7. The van der Waals surface area contributed by atoms with Gasteiger partial charge in [-0.05, 0) is 92.0 Å². The zero-order valence-electron chi connectivity index (χ0n) is 15.6. The summed E-state index contributed by atoms with van der Waals surface area (Å²) in [4.78, 5) is 5.10. The highest BCUT2D eigenvalue weighted by molar-refractivity contribution is 6.31. The van der Waals surface area contributed by atoms with E-state index >= 15 is 0 Å². The van der Waals surface area contributed by atoms with Gasteiger partial charge in [-0.15, -0.1) is 0 Å². The Bertz CT molecular complexity index is 852. The molecule has 4 aliphatic carbocycles. The molecule has 0 unspecified atom stereocenters. The Kier molecular flexibility index (Phi) is 4.27. The van der Waals surface area contributed by atoms with Gasteiger partial charge in [0.15, 0.2) is 0 Å². The van der Waals surface area contributed by atoms with Crippen LogP contribution in [0.15, 0.2) is 47.5 Å². The molecule has 6 rings (SSSR count). The summed E-state index contributed by atoms with van der Waals surface area (Å²) in [6, 6.07) is 13.8. The zero-order chi connectivity index (χ0) is 18.4.